The normalized spacial score (nSPS) is 14.9. The third-order valence-corrected chi connectivity index (χ3v) is 4.99. The Morgan fingerprint density at radius 2 is 1.09 bits per heavy atom. The Bertz CT molecular complexity index is 226. The van der Waals surface area contributed by atoms with Crippen LogP contribution in [0.2, 0.25) is 0 Å². The van der Waals surface area contributed by atoms with Gasteiger partial charge in [0.1, 0.15) is 0 Å². The Morgan fingerprint density at radius 3 is 1.50 bits per heavy atom. The molecule has 1 aliphatic rings. The van der Waals surface area contributed by atoms with Crippen molar-refractivity contribution in [2.75, 3.05) is 13.6 Å². The van der Waals surface area contributed by atoms with Gasteiger partial charge in [-0.25, -0.2) is 5.01 Å². The van der Waals surface area contributed by atoms with Gasteiger partial charge >= 0.3 is 0 Å². The van der Waals surface area contributed by atoms with Gasteiger partial charge in [0, 0.05) is 19.6 Å². The maximum absolute atomic E-state index is 3.52. The molecule has 132 valence electrons. The summed E-state index contributed by atoms with van der Waals surface area (Å²) in [4.78, 5) is 0. The highest BCUT2D eigenvalue weighted by Gasteiger charge is 2.25. The Morgan fingerprint density at radius 1 is 0.682 bits per heavy atom. The molecule has 1 fully saturated rings. The summed E-state index contributed by atoms with van der Waals surface area (Å²) in [7, 11) is 2.20. The largest absolute Gasteiger partial charge is 0.255 e. The number of nitrogens with zero attached hydrogens (tertiary/aromatic N) is 1. The van der Waals surface area contributed by atoms with Gasteiger partial charge in [0.2, 0.25) is 0 Å². The van der Waals surface area contributed by atoms with Gasteiger partial charge in [-0.3, -0.25) is 5.43 Å². The molecule has 0 heterocycles. The minimum Gasteiger partial charge on any atom is -0.255 e. The van der Waals surface area contributed by atoms with E-state index in [2.05, 4.69) is 24.4 Å². The molecule has 2 nitrogen and oxygen atoms in total. The van der Waals surface area contributed by atoms with Crippen molar-refractivity contribution in [1.29, 1.82) is 0 Å². The fourth-order valence-electron chi connectivity index (χ4n) is 3.17. The van der Waals surface area contributed by atoms with Gasteiger partial charge in [-0.1, -0.05) is 90.4 Å². The molecule has 1 N–H and O–H groups in total. The molecular weight excluding hydrogens is 268 g/mol. The molecule has 1 aliphatic carbocycles. The van der Waals surface area contributed by atoms with Gasteiger partial charge in [-0.05, 0) is 19.3 Å². The van der Waals surface area contributed by atoms with Gasteiger partial charge in [-0.15, -0.1) is 0 Å². The first-order valence-corrected chi connectivity index (χ1v) is 10.3. The summed E-state index contributed by atoms with van der Waals surface area (Å²) < 4.78 is 0. The van der Waals surface area contributed by atoms with E-state index in [1.807, 2.05) is 0 Å². The zero-order valence-electron chi connectivity index (χ0n) is 15.5. The summed E-state index contributed by atoms with van der Waals surface area (Å²) in [5.74, 6) is 0. The molecule has 0 amide bonds. The molecule has 0 aromatic heterocycles. The van der Waals surface area contributed by atoms with Crippen LogP contribution in [-0.2, 0) is 0 Å². The van der Waals surface area contributed by atoms with Crippen molar-refractivity contribution in [2.45, 2.75) is 116 Å². The standard InChI is InChI=1S/C20H42N2/c1-3-4-5-6-7-8-9-10-11-12-13-14-15-16-19-21-22(2)20-17-18-20/h20-21H,3-19H2,1-2H3. The summed E-state index contributed by atoms with van der Waals surface area (Å²) in [6.45, 7) is 3.47. The maximum Gasteiger partial charge on any atom is 0.0241 e. The summed E-state index contributed by atoms with van der Waals surface area (Å²) in [5.41, 5.74) is 3.52. The molecule has 0 bridgehead atoms. The summed E-state index contributed by atoms with van der Waals surface area (Å²) >= 11 is 0. The molecule has 0 aromatic rings. The first-order valence-electron chi connectivity index (χ1n) is 10.3. The van der Waals surface area contributed by atoms with Crippen LogP contribution in [0.15, 0.2) is 0 Å². The average Bonchev–Trinajstić information content (AvgIpc) is 3.36. The minimum atomic E-state index is 0.839. The van der Waals surface area contributed by atoms with E-state index in [0.29, 0.717) is 0 Å². The second kappa shape index (κ2) is 14.5. The van der Waals surface area contributed by atoms with E-state index in [0.717, 1.165) is 6.04 Å². The lowest BCUT2D eigenvalue weighted by Crippen LogP contribution is -2.36. The van der Waals surface area contributed by atoms with Crippen LogP contribution in [0, 0.1) is 0 Å². The van der Waals surface area contributed by atoms with Gasteiger partial charge in [0.25, 0.3) is 0 Å². The van der Waals surface area contributed by atoms with Crippen LogP contribution in [0.4, 0.5) is 0 Å². The summed E-state index contributed by atoms with van der Waals surface area (Å²) in [5, 5.41) is 2.32. The molecule has 0 spiro atoms. The van der Waals surface area contributed by atoms with Crippen molar-refractivity contribution in [1.82, 2.24) is 10.4 Å². The van der Waals surface area contributed by atoms with Crippen LogP contribution < -0.4 is 5.43 Å². The zero-order valence-corrected chi connectivity index (χ0v) is 15.5. The summed E-state index contributed by atoms with van der Waals surface area (Å²) in [6.07, 6.45) is 23.0. The van der Waals surface area contributed by atoms with Gasteiger partial charge in [0.15, 0.2) is 0 Å². The molecule has 0 radical (unpaired) electrons. The van der Waals surface area contributed by atoms with E-state index in [1.165, 1.54) is 109 Å². The minimum absolute atomic E-state index is 0.839. The fraction of sp³-hybridized carbons (Fsp3) is 1.00. The van der Waals surface area contributed by atoms with Crippen LogP contribution >= 0.6 is 0 Å². The third-order valence-electron chi connectivity index (χ3n) is 4.99. The van der Waals surface area contributed by atoms with Crippen LogP contribution in [0.25, 0.3) is 0 Å². The highest BCUT2D eigenvalue weighted by atomic mass is 15.5. The van der Waals surface area contributed by atoms with E-state index < -0.39 is 0 Å². The second-order valence-corrected chi connectivity index (χ2v) is 7.35. The molecule has 1 saturated carbocycles. The highest BCUT2D eigenvalue weighted by molar-refractivity contribution is 4.80. The average molecular weight is 311 g/mol. The van der Waals surface area contributed by atoms with E-state index in [-0.39, 0.29) is 0 Å². The Balaban J connectivity index is 1.64. The lowest BCUT2D eigenvalue weighted by molar-refractivity contribution is 0.222. The highest BCUT2D eigenvalue weighted by Crippen LogP contribution is 2.23. The Labute approximate surface area is 140 Å². The van der Waals surface area contributed by atoms with E-state index in [4.69, 9.17) is 0 Å². The van der Waals surface area contributed by atoms with Crippen molar-refractivity contribution in [3.8, 4) is 0 Å². The third kappa shape index (κ3) is 12.5. The predicted molar refractivity (Wildman–Crippen MR) is 99.1 cm³/mol. The Kier molecular flexibility index (Phi) is 13.2. The molecule has 0 atom stereocenters. The molecule has 2 heteroatoms. The summed E-state index contributed by atoms with van der Waals surface area (Å²) in [6, 6.07) is 0.839. The lowest BCUT2D eigenvalue weighted by Gasteiger charge is -2.16. The second-order valence-electron chi connectivity index (χ2n) is 7.35. The van der Waals surface area contributed by atoms with E-state index in [1.54, 1.807) is 0 Å². The topological polar surface area (TPSA) is 15.3 Å². The number of nitrogens with one attached hydrogen (secondary N) is 1. The first-order chi connectivity index (χ1) is 10.8. The molecule has 1 rings (SSSR count). The van der Waals surface area contributed by atoms with E-state index in [9.17, 15) is 0 Å². The van der Waals surface area contributed by atoms with Gasteiger partial charge in [0.05, 0.1) is 0 Å². The number of unbranched alkanes of at least 4 members (excludes halogenated alkanes) is 13. The van der Waals surface area contributed by atoms with Gasteiger partial charge in [-0.2, -0.15) is 0 Å². The van der Waals surface area contributed by atoms with Gasteiger partial charge < -0.3 is 0 Å². The molecule has 22 heavy (non-hydrogen) atoms. The van der Waals surface area contributed by atoms with Crippen molar-refractivity contribution in [3.63, 3.8) is 0 Å². The van der Waals surface area contributed by atoms with Crippen LogP contribution in [0.1, 0.15) is 110 Å². The molecule has 0 aliphatic heterocycles. The quantitative estimate of drug-likeness (QED) is 0.259. The van der Waals surface area contributed by atoms with Crippen molar-refractivity contribution < 1.29 is 0 Å². The first kappa shape index (κ1) is 20.0. The number of hydrazine groups is 1. The van der Waals surface area contributed by atoms with Crippen LogP contribution in [0.3, 0.4) is 0 Å². The maximum atomic E-state index is 3.52. The SMILES string of the molecule is CCCCCCCCCCCCCCCCNN(C)C1CC1. The van der Waals surface area contributed by atoms with Crippen LogP contribution in [-0.4, -0.2) is 24.6 Å². The monoisotopic (exact) mass is 310 g/mol. The lowest BCUT2D eigenvalue weighted by atomic mass is 10.0. The smallest absolute Gasteiger partial charge is 0.0241 e. The number of hydrogen-bond acceptors (Lipinski definition) is 2. The van der Waals surface area contributed by atoms with Crippen molar-refractivity contribution in [2.24, 2.45) is 0 Å². The fourth-order valence-corrected chi connectivity index (χ4v) is 3.17. The number of hydrogen-bond donors (Lipinski definition) is 1. The zero-order chi connectivity index (χ0) is 15.9. The predicted octanol–water partition coefficient (Wildman–Crippen LogP) is 6.07. The van der Waals surface area contributed by atoms with Crippen molar-refractivity contribution >= 4 is 0 Å². The Hall–Kier alpha value is -0.0800. The van der Waals surface area contributed by atoms with E-state index >= 15 is 0 Å². The van der Waals surface area contributed by atoms with Crippen molar-refractivity contribution in [3.05, 3.63) is 0 Å². The molecule has 0 saturated heterocycles. The van der Waals surface area contributed by atoms with Crippen LogP contribution in [0.5, 0.6) is 0 Å². The molecule has 0 unspecified atom stereocenters. The number of rotatable bonds is 17. The molecule has 0 aromatic carbocycles. The molecular formula is C20H42N2.